The second kappa shape index (κ2) is 9.04. The van der Waals surface area contributed by atoms with Gasteiger partial charge in [-0.05, 0) is 31.2 Å². The lowest BCUT2D eigenvalue weighted by Gasteiger charge is -2.41. The largest absolute Gasteiger partial charge is 0.314 e. The molecule has 1 N–H and O–H groups in total. The fourth-order valence-corrected chi connectivity index (χ4v) is 3.71. The van der Waals surface area contributed by atoms with Crippen LogP contribution in [0.5, 0.6) is 0 Å². The van der Waals surface area contributed by atoms with Crippen molar-refractivity contribution in [2.75, 3.05) is 19.6 Å². The maximum atomic E-state index is 3.68. The molecule has 0 bridgehead atoms. The molecule has 1 rings (SSSR count). The second-order valence-electron chi connectivity index (χ2n) is 7.45. The minimum atomic E-state index is 0.423. The topological polar surface area (TPSA) is 15.3 Å². The minimum Gasteiger partial charge on any atom is -0.314 e. The number of nitrogens with one attached hydrogen (secondary N) is 1. The van der Waals surface area contributed by atoms with Crippen LogP contribution in [0.25, 0.3) is 0 Å². The van der Waals surface area contributed by atoms with E-state index in [1.807, 2.05) is 0 Å². The van der Waals surface area contributed by atoms with Crippen LogP contribution in [-0.2, 0) is 0 Å². The normalized spacial score (nSPS) is 20.6. The quantitative estimate of drug-likeness (QED) is 0.672. The summed E-state index contributed by atoms with van der Waals surface area (Å²) in [5.74, 6) is 0. The van der Waals surface area contributed by atoms with Gasteiger partial charge in [-0.15, -0.1) is 0 Å². The summed E-state index contributed by atoms with van der Waals surface area (Å²) in [5.41, 5.74) is 0.423. The summed E-state index contributed by atoms with van der Waals surface area (Å²) in [5, 5.41) is 3.68. The molecule has 2 heteroatoms. The van der Waals surface area contributed by atoms with Crippen molar-refractivity contribution in [3.05, 3.63) is 0 Å². The van der Waals surface area contributed by atoms with Crippen molar-refractivity contribution in [1.29, 1.82) is 0 Å². The van der Waals surface area contributed by atoms with Crippen molar-refractivity contribution in [2.45, 2.75) is 91.6 Å². The van der Waals surface area contributed by atoms with E-state index in [4.69, 9.17) is 0 Å². The maximum Gasteiger partial charge on any atom is 0.00953 e. The summed E-state index contributed by atoms with van der Waals surface area (Å²) in [4.78, 5) is 2.77. The molecule has 0 saturated heterocycles. The molecule has 0 heterocycles. The van der Waals surface area contributed by atoms with Gasteiger partial charge >= 0.3 is 0 Å². The molecule has 1 aliphatic rings. The fourth-order valence-electron chi connectivity index (χ4n) is 3.71. The van der Waals surface area contributed by atoms with Crippen LogP contribution in [0.1, 0.15) is 79.6 Å². The summed E-state index contributed by atoms with van der Waals surface area (Å²) < 4.78 is 0. The highest BCUT2D eigenvalue weighted by atomic mass is 15.2. The summed E-state index contributed by atoms with van der Waals surface area (Å²) in [6.45, 7) is 15.3. The highest BCUT2D eigenvalue weighted by Gasteiger charge is 2.29. The van der Waals surface area contributed by atoms with E-state index in [-0.39, 0.29) is 0 Å². The van der Waals surface area contributed by atoms with Crippen LogP contribution < -0.4 is 5.32 Å². The van der Waals surface area contributed by atoms with E-state index in [1.54, 1.807) is 0 Å². The van der Waals surface area contributed by atoms with Crippen molar-refractivity contribution in [1.82, 2.24) is 10.2 Å². The van der Waals surface area contributed by atoms with Gasteiger partial charge in [0.1, 0.15) is 0 Å². The molecule has 120 valence electrons. The predicted octanol–water partition coefficient (Wildman–Crippen LogP) is 4.45. The first-order valence-electron chi connectivity index (χ1n) is 8.98. The molecule has 0 aromatic heterocycles. The van der Waals surface area contributed by atoms with Gasteiger partial charge in [0.05, 0.1) is 0 Å². The maximum absolute atomic E-state index is 3.68. The molecule has 0 radical (unpaired) electrons. The van der Waals surface area contributed by atoms with Gasteiger partial charge in [-0.3, -0.25) is 0 Å². The van der Waals surface area contributed by atoms with Gasteiger partial charge in [-0.25, -0.2) is 0 Å². The van der Waals surface area contributed by atoms with E-state index < -0.39 is 0 Å². The van der Waals surface area contributed by atoms with Gasteiger partial charge in [-0.1, -0.05) is 60.3 Å². The molecule has 0 aromatic rings. The van der Waals surface area contributed by atoms with Gasteiger partial charge in [0.15, 0.2) is 0 Å². The Balaban J connectivity index is 2.59. The molecule has 0 amide bonds. The smallest absolute Gasteiger partial charge is 0.00953 e. The molecule has 2 nitrogen and oxygen atoms in total. The Hall–Kier alpha value is -0.0800. The molecule has 0 aliphatic heterocycles. The van der Waals surface area contributed by atoms with Crippen LogP contribution in [0, 0.1) is 5.41 Å². The summed E-state index contributed by atoms with van der Waals surface area (Å²) >= 11 is 0. The number of hydrogen-bond acceptors (Lipinski definition) is 2. The zero-order chi connectivity index (χ0) is 15.0. The molecule has 1 fully saturated rings. The van der Waals surface area contributed by atoms with E-state index in [0.29, 0.717) is 11.5 Å². The minimum absolute atomic E-state index is 0.423. The fraction of sp³-hybridized carbons (Fsp3) is 1.00. The van der Waals surface area contributed by atoms with Gasteiger partial charge in [0, 0.05) is 25.2 Å². The van der Waals surface area contributed by atoms with Crippen molar-refractivity contribution in [2.24, 2.45) is 5.41 Å². The highest BCUT2D eigenvalue weighted by molar-refractivity contribution is 4.85. The molecule has 0 spiro atoms. The standard InChI is InChI=1S/C18H38N2/c1-6-13-18(5,14-19-16(3)4)15-20(7-2)17-11-9-8-10-12-17/h16-17,19H,6-15H2,1-5H3. The first-order chi connectivity index (χ1) is 9.50. The molecule has 20 heavy (non-hydrogen) atoms. The van der Waals surface area contributed by atoms with Crippen LogP contribution in [0.3, 0.4) is 0 Å². The van der Waals surface area contributed by atoms with Crippen molar-refractivity contribution in [3.63, 3.8) is 0 Å². The first-order valence-corrected chi connectivity index (χ1v) is 8.98. The van der Waals surface area contributed by atoms with E-state index in [2.05, 4.69) is 44.8 Å². The van der Waals surface area contributed by atoms with Crippen molar-refractivity contribution < 1.29 is 0 Å². The summed E-state index contributed by atoms with van der Waals surface area (Å²) in [6.07, 6.45) is 9.80. The Labute approximate surface area is 127 Å². The zero-order valence-corrected chi connectivity index (χ0v) is 14.7. The van der Waals surface area contributed by atoms with Crippen molar-refractivity contribution >= 4 is 0 Å². The number of hydrogen-bond donors (Lipinski definition) is 1. The molecule has 1 unspecified atom stereocenters. The van der Waals surface area contributed by atoms with Gasteiger partial charge in [-0.2, -0.15) is 0 Å². The molecule has 0 aromatic carbocycles. The first kappa shape index (κ1) is 18.0. The van der Waals surface area contributed by atoms with Crippen LogP contribution in [0.15, 0.2) is 0 Å². The van der Waals surface area contributed by atoms with E-state index >= 15 is 0 Å². The SMILES string of the molecule is CCCC(C)(CNC(C)C)CN(CC)C1CCCCC1. The van der Waals surface area contributed by atoms with Crippen LogP contribution in [0.4, 0.5) is 0 Å². The van der Waals surface area contributed by atoms with Gasteiger partial charge in [0.25, 0.3) is 0 Å². The summed E-state index contributed by atoms with van der Waals surface area (Å²) in [6, 6.07) is 1.44. The second-order valence-corrected chi connectivity index (χ2v) is 7.45. The third-order valence-electron chi connectivity index (χ3n) is 4.87. The molecule has 1 atom stereocenters. The highest BCUT2D eigenvalue weighted by Crippen LogP contribution is 2.29. The Morgan fingerprint density at radius 1 is 1.15 bits per heavy atom. The molecular formula is C18H38N2. The van der Waals surface area contributed by atoms with E-state index in [1.165, 1.54) is 58.0 Å². The Kier molecular flexibility index (Phi) is 8.13. The lowest BCUT2D eigenvalue weighted by atomic mass is 9.83. The zero-order valence-electron chi connectivity index (χ0n) is 14.7. The van der Waals surface area contributed by atoms with Crippen LogP contribution in [0.2, 0.25) is 0 Å². The van der Waals surface area contributed by atoms with Gasteiger partial charge in [0.2, 0.25) is 0 Å². The third-order valence-corrected chi connectivity index (χ3v) is 4.87. The lowest BCUT2D eigenvalue weighted by Crippen LogP contribution is -2.47. The molecule has 1 saturated carbocycles. The Bertz CT molecular complexity index is 246. The average Bonchev–Trinajstić information content (AvgIpc) is 2.44. The number of nitrogens with zero attached hydrogens (tertiary/aromatic N) is 1. The number of rotatable bonds is 9. The average molecular weight is 283 g/mol. The van der Waals surface area contributed by atoms with E-state index in [9.17, 15) is 0 Å². The Morgan fingerprint density at radius 2 is 1.80 bits per heavy atom. The third kappa shape index (κ3) is 6.13. The summed E-state index contributed by atoms with van der Waals surface area (Å²) in [7, 11) is 0. The van der Waals surface area contributed by atoms with Crippen LogP contribution >= 0.6 is 0 Å². The predicted molar refractivity (Wildman–Crippen MR) is 90.3 cm³/mol. The van der Waals surface area contributed by atoms with E-state index in [0.717, 1.165) is 12.6 Å². The van der Waals surface area contributed by atoms with Gasteiger partial charge < -0.3 is 10.2 Å². The molecular weight excluding hydrogens is 244 g/mol. The molecule has 1 aliphatic carbocycles. The monoisotopic (exact) mass is 282 g/mol. The van der Waals surface area contributed by atoms with Crippen LogP contribution in [-0.4, -0.2) is 36.6 Å². The Morgan fingerprint density at radius 3 is 2.30 bits per heavy atom. The lowest BCUT2D eigenvalue weighted by molar-refractivity contribution is 0.0929. The van der Waals surface area contributed by atoms with Crippen molar-refractivity contribution in [3.8, 4) is 0 Å².